The van der Waals surface area contributed by atoms with Crippen molar-refractivity contribution >= 4 is 22.4 Å². The van der Waals surface area contributed by atoms with Crippen LogP contribution in [0, 0.1) is 6.92 Å². The molecular weight excluding hydrogens is 278 g/mol. The second kappa shape index (κ2) is 6.33. The lowest BCUT2D eigenvalue weighted by molar-refractivity contribution is -0.122. The lowest BCUT2D eigenvalue weighted by Gasteiger charge is -2.13. The summed E-state index contributed by atoms with van der Waals surface area (Å²) in [5, 5.41) is 11.6. The maximum absolute atomic E-state index is 11.9. The molecule has 1 aromatic carbocycles. The number of rotatable bonds is 5. The van der Waals surface area contributed by atoms with Gasteiger partial charge in [0.25, 0.3) is 5.91 Å². The molecule has 7 heteroatoms. The average Bonchev–Trinajstić information content (AvgIpc) is 2.85. The van der Waals surface area contributed by atoms with E-state index in [0.717, 1.165) is 10.8 Å². The van der Waals surface area contributed by atoms with E-state index in [9.17, 15) is 4.79 Å². The maximum Gasteiger partial charge on any atom is 0.266 e. The van der Waals surface area contributed by atoms with Crippen LogP contribution in [0.5, 0.6) is 11.5 Å². The predicted molar refractivity (Wildman–Crippen MR) is 76.4 cm³/mol. The molecule has 0 aliphatic carbocycles. The summed E-state index contributed by atoms with van der Waals surface area (Å²) in [6.45, 7) is 3.50. The summed E-state index contributed by atoms with van der Waals surface area (Å²) in [6, 6.07) is 7.04. The minimum absolute atomic E-state index is 0.267. The van der Waals surface area contributed by atoms with Gasteiger partial charge in [-0.15, -0.1) is 10.2 Å². The number of nitrogens with one attached hydrogen (secondary N) is 1. The number of carbonyl (C=O) groups excluding carboxylic acids is 1. The van der Waals surface area contributed by atoms with Crippen molar-refractivity contribution in [1.29, 1.82) is 0 Å². The van der Waals surface area contributed by atoms with Crippen LogP contribution in [-0.4, -0.2) is 29.3 Å². The van der Waals surface area contributed by atoms with Gasteiger partial charge in [-0.2, -0.15) is 0 Å². The first-order valence-electron chi connectivity index (χ1n) is 6.00. The summed E-state index contributed by atoms with van der Waals surface area (Å²) in [7, 11) is 1.59. The van der Waals surface area contributed by atoms with E-state index in [4.69, 9.17) is 9.47 Å². The quantitative estimate of drug-likeness (QED) is 0.915. The Morgan fingerprint density at radius 1 is 1.25 bits per heavy atom. The van der Waals surface area contributed by atoms with Gasteiger partial charge in [0, 0.05) is 0 Å². The largest absolute Gasteiger partial charge is 0.497 e. The van der Waals surface area contributed by atoms with Crippen LogP contribution >= 0.6 is 11.3 Å². The van der Waals surface area contributed by atoms with E-state index >= 15 is 0 Å². The molecule has 1 N–H and O–H groups in total. The number of carbonyl (C=O) groups is 1. The lowest BCUT2D eigenvalue weighted by atomic mass is 10.3. The standard InChI is InChI=1S/C13H15N3O3S/c1-8(12(17)14-13-16-15-9(2)20-13)19-11-6-4-10(18-3)5-7-11/h4-8H,1-3H3,(H,14,16,17)/t8-/m0/s1. The predicted octanol–water partition coefficient (Wildman–Crippen LogP) is 2.26. The number of nitrogens with zero attached hydrogens (tertiary/aromatic N) is 2. The van der Waals surface area contributed by atoms with Gasteiger partial charge >= 0.3 is 0 Å². The number of anilines is 1. The van der Waals surface area contributed by atoms with Gasteiger partial charge in [0.1, 0.15) is 16.5 Å². The van der Waals surface area contributed by atoms with Gasteiger partial charge in [0.05, 0.1) is 7.11 Å². The van der Waals surface area contributed by atoms with Gasteiger partial charge in [-0.1, -0.05) is 11.3 Å². The Kier molecular flexibility index (Phi) is 4.52. The number of aryl methyl sites for hydroxylation is 1. The van der Waals surface area contributed by atoms with E-state index in [1.165, 1.54) is 11.3 Å². The molecule has 106 valence electrons. The summed E-state index contributed by atoms with van der Waals surface area (Å²) in [5.74, 6) is 1.07. The first-order valence-corrected chi connectivity index (χ1v) is 6.82. The third-order valence-corrected chi connectivity index (χ3v) is 3.25. The third-order valence-electron chi connectivity index (χ3n) is 2.50. The Morgan fingerprint density at radius 3 is 2.45 bits per heavy atom. The van der Waals surface area contributed by atoms with Crippen molar-refractivity contribution in [2.24, 2.45) is 0 Å². The summed E-state index contributed by atoms with van der Waals surface area (Å²) in [6.07, 6.45) is -0.632. The first-order chi connectivity index (χ1) is 9.58. The monoisotopic (exact) mass is 293 g/mol. The highest BCUT2D eigenvalue weighted by Crippen LogP contribution is 2.19. The Labute approximate surface area is 120 Å². The van der Waals surface area contributed by atoms with Crippen LogP contribution in [-0.2, 0) is 4.79 Å². The number of methoxy groups -OCH3 is 1. The second-order valence-electron chi connectivity index (χ2n) is 4.05. The number of aromatic nitrogens is 2. The minimum atomic E-state index is -0.632. The zero-order valence-electron chi connectivity index (χ0n) is 11.4. The fraction of sp³-hybridized carbons (Fsp3) is 0.308. The Balaban J connectivity index is 1.92. The molecule has 2 aromatic rings. The van der Waals surface area contributed by atoms with Crippen LogP contribution in [0.3, 0.4) is 0 Å². The molecule has 0 bridgehead atoms. The van der Waals surface area contributed by atoms with Crippen LogP contribution in [0.1, 0.15) is 11.9 Å². The molecule has 0 aliphatic rings. The fourth-order valence-electron chi connectivity index (χ4n) is 1.47. The molecule has 0 spiro atoms. The highest BCUT2D eigenvalue weighted by atomic mass is 32.1. The number of ether oxygens (including phenoxy) is 2. The summed E-state index contributed by atoms with van der Waals surface area (Å²) in [5.41, 5.74) is 0. The summed E-state index contributed by atoms with van der Waals surface area (Å²) in [4.78, 5) is 11.9. The van der Waals surface area contributed by atoms with E-state index in [2.05, 4.69) is 15.5 Å². The van der Waals surface area contributed by atoms with E-state index in [1.54, 1.807) is 38.3 Å². The van der Waals surface area contributed by atoms with Crippen molar-refractivity contribution in [2.75, 3.05) is 12.4 Å². The average molecular weight is 293 g/mol. The van der Waals surface area contributed by atoms with Crippen LogP contribution in [0.2, 0.25) is 0 Å². The van der Waals surface area contributed by atoms with E-state index in [1.807, 2.05) is 6.92 Å². The number of hydrogen-bond donors (Lipinski definition) is 1. The van der Waals surface area contributed by atoms with Crippen molar-refractivity contribution in [3.8, 4) is 11.5 Å². The molecule has 1 aromatic heterocycles. The zero-order valence-corrected chi connectivity index (χ0v) is 12.2. The Morgan fingerprint density at radius 2 is 1.90 bits per heavy atom. The molecule has 0 aliphatic heterocycles. The molecule has 0 radical (unpaired) electrons. The van der Waals surface area contributed by atoms with Crippen LogP contribution in [0.25, 0.3) is 0 Å². The van der Waals surface area contributed by atoms with E-state index in [0.29, 0.717) is 10.9 Å². The zero-order chi connectivity index (χ0) is 14.5. The number of benzene rings is 1. The minimum Gasteiger partial charge on any atom is -0.497 e. The summed E-state index contributed by atoms with van der Waals surface area (Å²) >= 11 is 1.32. The molecule has 1 amide bonds. The SMILES string of the molecule is COc1ccc(O[C@@H](C)C(=O)Nc2nnc(C)s2)cc1. The molecule has 0 saturated carbocycles. The molecular formula is C13H15N3O3S. The molecule has 0 saturated heterocycles. The first kappa shape index (κ1) is 14.3. The fourth-order valence-corrected chi connectivity index (χ4v) is 2.06. The molecule has 6 nitrogen and oxygen atoms in total. The van der Waals surface area contributed by atoms with Crippen molar-refractivity contribution in [1.82, 2.24) is 10.2 Å². The smallest absolute Gasteiger partial charge is 0.266 e. The van der Waals surface area contributed by atoms with Crippen molar-refractivity contribution in [3.63, 3.8) is 0 Å². The van der Waals surface area contributed by atoms with Crippen LogP contribution in [0.15, 0.2) is 24.3 Å². The molecule has 1 atom stereocenters. The Bertz CT molecular complexity index is 583. The van der Waals surface area contributed by atoms with Crippen molar-refractivity contribution < 1.29 is 14.3 Å². The van der Waals surface area contributed by atoms with Gasteiger partial charge in [-0.25, -0.2) is 0 Å². The van der Waals surface area contributed by atoms with Gasteiger partial charge in [-0.3, -0.25) is 10.1 Å². The molecule has 1 heterocycles. The van der Waals surface area contributed by atoms with Crippen molar-refractivity contribution in [2.45, 2.75) is 20.0 Å². The van der Waals surface area contributed by atoms with Gasteiger partial charge in [-0.05, 0) is 38.1 Å². The van der Waals surface area contributed by atoms with Gasteiger partial charge in [0.2, 0.25) is 5.13 Å². The van der Waals surface area contributed by atoms with E-state index in [-0.39, 0.29) is 5.91 Å². The highest BCUT2D eigenvalue weighted by Gasteiger charge is 2.16. The third kappa shape index (κ3) is 3.67. The van der Waals surface area contributed by atoms with Gasteiger partial charge < -0.3 is 9.47 Å². The lowest BCUT2D eigenvalue weighted by Crippen LogP contribution is -2.30. The topological polar surface area (TPSA) is 73.3 Å². The number of hydrogen-bond acceptors (Lipinski definition) is 6. The maximum atomic E-state index is 11.9. The molecule has 20 heavy (non-hydrogen) atoms. The normalized spacial score (nSPS) is 11.8. The van der Waals surface area contributed by atoms with Crippen LogP contribution in [0.4, 0.5) is 5.13 Å². The second-order valence-corrected chi connectivity index (χ2v) is 5.23. The van der Waals surface area contributed by atoms with Gasteiger partial charge in [0.15, 0.2) is 6.10 Å². The van der Waals surface area contributed by atoms with Crippen LogP contribution < -0.4 is 14.8 Å². The summed E-state index contributed by atoms with van der Waals surface area (Å²) < 4.78 is 10.6. The molecule has 0 unspecified atom stereocenters. The highest BCUT2D eigenvalue weighted by molar-refractivity contribution is 7.15. The molecule has 0 fully saturated rings. The number of amides is 1. The molecule has 2 rings (SSSR count). The Hall–Kier alpha value is -2.15. The van der Waals surface area contributed by atoms with Crippen molar-refractivity contribution in [3.05, 3.63) is 29.3 Å². The van der Waals surface area contributed by atoms with E-state index < -0.39 is 6.10 Å².